The normalized spacial score (nSPS) is 12.7. The maximum Gasteiger partial charge on any atom is 0.501 e. The van der Waals surface area contributed by atoms with Gasteiger partial charge in [-0.15, -0.1) is 0 Å². The van der Waals surface area contributed by atoms with Gasteiger partial charge >= 0.3 is 8.80 Å². The van der Waals surface area contributed by atoms with Crippen molar-refractivity contribution in [1.82, 2.24) is 0 Å². The van der Waals surface area contributed by atoms with Gasteiger partial charge < -0.3 is 13.3 Å². The smallest absolute Gasteiger partial charge is 0.374 e. The molecule has 0 aliphatic carbocycles. The summed E-state index contributed by atoms with van der Waals surface area (Å²) >= 11 is 5.01. The molecule has 0 amide bonds. The Bertz CT molecular complexity index is 222. The van der Waals surface area contributed by atoms with Gasteiger partial charge in [-0.3, -0.25) is 4.48 Å². The van der Waals surface area contributed by atoms with Crippen molar-refractivity contribution in [3.63, 3.8) is 0 Å². The minimum absolute atomic E-state index is 0.637. The minimum atomic E-state index is -2.47. The van der Waals surface area contributed by atoms with E-state index in [0.717, 1.165) is 23.5 Å². The molecule has 0 aromatic rings. The molecule has 0 aromatic carbocycles. The SMILES string of the molecule is CCO[Si](CCC[N+](C)(C)C=S)(OCC)OCC. The van der Waals surface area contributed by atoms with E-state index in [4.69, 9.17) is 25.5 Å². The molecule has 0 atom stereocenters. The molecule has 0 heterocycles. The lowest BCUT2D eigenvalue weighted by Crippen LogP contribution is -2.47. The Labute approximate surface area is 118 Å². The van der Waals surface area contributed by atoms with Gasteiger partial charge in [0.2, 0.25) is 0 Å². The largest absolute Gasteiger partial charge is 0.501 e. The van der Waals surface area contributed by atoms with E-state index in [2.05, 4.69) is 14.1 Å². The second-order valence-electron chi connectivity index (χ2n) is 4.69. The van der Waals surface area contributed by atoms with E-state index in [1.54, 1.807) is 5.49 Å². The third-order valence-electron chi connectivity index (χ3n) is 2.60. The van der Waals surface area contributed by atoms with Crippen molar-refractivity contribution in [3.05, 3.63) is 0 Å². The van der Waals surface area contributed by atoms with E-state index in [9.17, 15) is 0 Å². The summed E-state index contributed by atoms with van der Waals surface area (Å²) in [5.41, 5.74) is 1.78. The van der Waals surface area contributed by atoms with Crippen LogP contribution in [0, 0.1) is 0 Å². The first-order valence-corrected chi connectivity index (χ1v) is 9.06. The number of thiocarbonyl (C=S) groups is 1. The molecule has 0 aliphatic rings. The zero-order chi connectivity index (χ0) is 14.1. The summed E-state index contributed by atoms with van der Waals surface area (Å²) in [5, 5.41) is 0. The highest BCUT2D eigenvalue weighted by molar-refractivity contribution is 7.78. The van der Waals surface area contributed by atoms with Gasteiger partial charge in [0.05, 0.1) is 20.6 Å². The molecule has 18 heavy (non-hydrogen) atoms. The molecule has 0 saturated heterocycles. The van der Waals surface area contributed by atoms with Crippen molar-refractivity contribution >= 4 is 26.5 Å². The van der Waals surface area contributed by atoms with Crippen LogP contribution in [0.4, 0.5) is 0 Å². The van der Waals surface area contributed by atoms with Gasteiger partial charge in [-0.1, -0.05) is 0 Å². The Morgan fingerprint density at radius 1 is 1.00 bits per heavy atom. The van der Waals surface area contributed by atoms with Crippen LogP contribution in [0.25, 0.3) is 0 Å². The number of hydrogen-bond acceptors (Lipinski definition) is 4. The van der Waals surface area contributed by atoms with E-state index in [1.165, 1.54) is 0 Å². The summed E-state index contributed by atoms with van der Waals surface area (Å²) in [6.07, 6.45) is 0.992. The Balaban J connectivity index is 4.42. The van der Waals surface area contributed by atoms with Crippen molar-refractivity contribution in [2.45, 2.75) is 33.2 Å². The van der Waals surface area contributed by atoms with Crippen molar-refractivity contribution in [3.8, 4) is 0 Å². The maximum absolute atomic E-state index is 5.81. The summed E-state index contributed by atoms with van der Waals surface area (Å²) < 4.78 is 18.2. The van der Waals surface area contributed by atoms with Crippen molar-refractivity contribution in [1.29, 1.82) is 0 Å². The monoisotopic (exact) mass is 294 g/mol. The van der Waals surface area contributed by atoms with Crippen LogP contribution in [0.5, 0.6) is 0 Å². The van der Waals surface area contributed by atoms with Crippen LogP contribution >= 0.6 is 12.2 Å². The molecule has 0 rings (SSSR count). The van der Waals surface area contributed by atoms with E-state index in [0.29, 0.717) is 19.8 Å². The number of nitrogens with zero attached hydrogens (tertiary/aromatic N) is 1. The molecule has 0 spiro atoms. The van der Waals surface area contributed by atoms with Crippen molar-refractivity contribution in [2.24, 2.45) is 0 Å². The average molecular weight is 295 g/mol. The zero-order valence-electron chi connectivity index (χ0n) is 12.4. The summed E-state index contributed by atoms with van der Waals surface area (Å²) in [6.45, 7) is 8.84. The highest BCUT2D eigenvalue weighted by atomic mass is 32.1. The van der Waals surface area contributed by atoms with Gasteiger partial charge in [-0.2, -0.15) is 0 Å². The Hall–Kier alpha value is 0.147. The standard InChI is InChI=1S/C12H28NO3SSi/c1-6-14-18(15-7-2,16-8-3)11-9-10-13(4,5)12-17/h12H,6-11H2,1-5H3/q+1. The van der Waals surface area contributed by atoms with E-state index < -0.39 is 8.80 Å². The molecule has 0 bridgehead atoms. The molecule has 0 aliphatic heterocycles. The van der Waals surface area contributed by atoms with Gasteiger partial charge in [0.15, 0.2) is 5.49 Å². The van der Waals surface area contributed by atoms with Gasteiger partial charge in [0.25, 0.3) is 0 Å². The second-order valence-corrected chi connectivity index (χ2v) is 7.64. The molecule has 0 N–H and O–H groups in total. The lowest BCUT2D eigenvalue weighted by molar-refractivity contribution is -0.789. The highest BCUT2D eigenvalue weighted by Gasteiger charge is 2.40. The molecular formula is C12H28NO3SSi+. The predicted octanol–water partition coefficient (Wildman–Crippen LogP) is 2.46. The van der Waals surface area contributed by atoms with Crippen molar-refractivity contribution < 1.29 is 17.8 Å². The van der Waals surface area contributed by atoms with Crippen LogP contribution in [0.3, 0.4) is 0 Å². The molecule has 0 saturated carbocycles. The third-order valence-corrected chi connectivity index (χ3v) is 6.32. The number of hydrogen-bond donors (Lipinski definition) is 0. The molecule has 108 valence electrons. The van der Waals surface area contributed by atoms with Crippen LogP contribution in [-0.4, -0.2) is 59.2 Å². The third kappa shape index (κ3) is 6.91. The van der Waals surface area contributed by atoms with Gasteiger partial charge in [0.1, 0.15) is 0 Å². The van der Waals surface area contributed by atoms with Crippen LogP contribution in [-0.2, 0) is 13.3 Å². The predicted molar refractivity (Wildman–Crippen MR) is 80.7 cm³/mol. The van der Waals surface area contributed by atoms with Gasteiger partial charge in [-0.05, 0) is 33.0 Å². The van der Waals surface area contributed by atoms with E-state index >= 15 is 0 Å². The van der Waals surface area contributed by atoms with E-state index in [1.807, 2.05) is 20.8 Å². The zero-order valence-corrected chi connectivity index (χ0v) is 14.2. The molecule has 0 fully saturated rings. The van der Waals surface area contributed by atoms with Gasteiger partial charge in [-0.25, -0.2) is 0 Å². The van der Waals surface area contributed by atoms with Crippen LogP contribution in [0.1, 0.15) is 27.2 Å². The first-order chi connectivity index (χ1) is 8.45. The van der Waals surface area contributed by atoms with Gasteiger partial charge in [0, 0.05) is 32.3 Å². The minimum Gasteiger partial charge on any atom is -0.374 e. The number of quaternary nitrogens is 1. The van der Waals surface area contributed by atoms with Crippen LogP contribution in [0.2, 0.25) is 6.04 Å². The molecule has 0 aromatic heterocycles. The first-order valence-electron chi connectivity index (χ1n) is 6.66. The molecule has 0 unspecified atom stereocenters. The lowest BCUT2D eigenvalue weighted by Gasteiger charge is -2.30. The van der Waals surface area contributed by atoms with Crippen LogP contribution < -0.4 is 0 Å². The topological polar surface area (TPSA) is 27.7 Å². The second kappa shape index (κ2) is 9.11. The highest BCUT2D eigenvalue weighted by Crippen LogP contribution is 2.18. The Kier molecular flexibility index (Phi) is 9.19. The fraction of sp³-hybridized carbons (Fsp3) is 0.917. The Morgan fingerprint density at radius 2 is 1.44 bits per heavy atom. The Morgan fingerprint density at radius 3 is 1.78 bits per heavy atom. The number of rotatable bonds is 11. The summed E-state index contributed by atoms with van der Waals surface area (Å²) in [6, 6.07) is 0.855. The fourth-order valence-electron chi connectivity index (χ4n) is 1.76. The van der Waals surface area contributed by atoms with Crippen molar-refractivity contribution in [2.75, 3.05) is 40.5 Å². The molecular weight excluding hydrogens is 266 g/mol. The first kappa shape index (κ1) is 18.1. The lowest BCUT2D eigenvalue weighted by atomic mass is 10.4. The summed E-state index contributed by atoms with van der Waals surface area (Å²) in [5.74, 6) is 0. The van der Waals surface area contributed by atoms with E-state index in [-0.39, 0.29) is 0 Å². The maximum atomic E-state index is 5.81. The summed E-state index contributed by atoms with van der Waals surface area (Å²) in [7, 11) is 1.73. The fourth-order valence-corrected chi connectivity index (χ4v) is 4.46. The summed E-state index contributed by atoms with van der Waals surface area (Å²) in [4.78, 5) is 0. The van der Waals surface area contributed by atoms with Crippen LogP contribution in [0.15, 0.2) is 0 Å². The molecule has 0 radical (unpaired) electrons. The molecule has 4 nitrogen and oxygen atoms in total. The molecule has 6 heteroatoms. The quantitative estimate of drug-likeness (QED) is 0.332. The average Bonchev–Trinajstić information content (AvgIpc) is 2.30.